The lowest BCUT2D eigenvalue weighted by Gasteiger charge is -2.36. The van der Waals surface area contributed by atoms with Crippen LogP contribution in [0.15, 0.2) is 74.8 Å². The van der Waals surface area contributed by atoms with Gasteiger partial charge in [0, 0.05) is 74.6 Å². The molecule has 3 aromatic carbocycles. The van der Waals surface area contributed by atoms with Crippen molar-refractivity contribution in [2.75, 3.05) is 44.2 Å². The van der Waals surface area contributed by atoms with Crippen molar-refractivity contribution in [2.24, 2.45) is 0 Å². The van der Waals surface area contributed by atoms with Crippen molar-refractivity contribution in [3.05, 3.63) is 92.6 Å². The minimum absolute atomic E-state index is 0.0318. The zero-order valence-electron chi connectivity index (χ0n) is 24.3. The van der Waals surface area contributed by atoms with Crippen LogP contribution in [0.3, 0.4) is 0 Å². The molecular weight excluding hydrogens is 585 g/mol. The zero-order chi connectivity index (χ0) is 31.8. The molecule has 6 rings (SSSR count). The van der Waals surface area contributed by atoms with Crippen LogP contribution in [0.1, 0.15) is 17.3 Å². The summed E-state index contributed by atoms with van der Waals surface area (Å²) >= 11 is 0. The van der Waals surface area contributed by atoms with Gasteiger partial charge in [-0.05, 0) is 43.3 Å². The number of carboxylic acid groups (broad SMARTS) is 1. The van der Waals surface area contributed by atoms with Crippen molar-refractivity contribution >= 4 is 33.5 Å². The summed E-state index contributed by atoms with van der Waals surface area (Å²) < 4.78 is 28.7. The van der Waals surface area contributed by atoms with Crippen molar-refractivity contribution in [3.63, 3.8) is 0 Å². The Morgan fingerprint density at radius 1 is 1.00 bits per heavy atom. The lowest BCUT2D eigenvalue weighted by molar-refractivity contribution is 0.0694. The largest absolute Gasteiger partial charge is 0.508 e. The molecule has 0 spiro atoms. The molecule has 3 heterocycles. The number of anilines is 1. The van der Waals surface area contributed by atoms with E-state index in [0.29, 0.717) is 61.8 Å². The summed E-state index contributed by atoms with van der Waals surface area (Å²) in [5, 5.41) is 29.5. The number of aryl methyl sites for hydroxylation is 1. The molecule has 0 bridgehead atoms. The molecule has 232 valence electrons. The minimum Gasteiger partial charge on any atom is -0.508 e. The minimum atomic E-state index is -1.35. The Bertz CT molecular complexity index is 2050. The van der Waals surface area contributed by atoms with E-state index in [1.54, 1.807) is 28.8 Å². The molecule has 0 amide bonds. The number of carboxylic acids is 1. The van der Waals surface area contributed by atoms with Crippen LogP contribution < -0.4 is 20.5 Å². The number of halogens is 1. The van der Waals surface area contributed by atoms with Crippen LogP contribution in [0.5, 0.6) is 17.2 Å². The van der Waals surface area contributed by atoms with Crippen molar-refractivity contribution in [3.8, 4) is 28.6 Å². The first-order valence-electron chi connectivity index (χ1n) is 14.4. The molecule has 0 aliphatic carbocycles. The maximum atomic E-state index is 15.2. The van der Waals surface area contributed by atoms with Gasteiger partial charge in [-0.25, -0.2) is 9.18 Å². The summed E-state index contributed by atoms with van der Waals surface area (Å²) in [7, 11) is 0. The predicted octanol–water partition coefficient (Wildman–Crippen LogP) is 4.24. The Balaban J connectivity index is 1.12. The van der Waals surface area contributed by atoms with Gasteiger partial charge in [-0.2, -0.15) is 0 Å². The maximum Gasteiger partial charge on any atom is 0.341 e. The van der Waals surface area contributed by atoms with Crippen LogP contribution in [0.2, 0.25) is 0 Å². The molecule has 2 aromatic heterocycles. The molecule has 0 saturated carbocycles. The number of carbonyl (C=O) groups is 1. The van der Waals surface area contributed by atoms with E-state index in [4.69, 9.17) is 9.15 Å². The third kappa shape index (κ3) is 5.79. The fourth-order valence-corrected chi connectivity index (χ4v) is 5.66. The summed E-state index contributed by atoms with van der Waals surface area (Å²) in [4.78, 5) is 40.9. The summed E-state index contributed by atoms with van der Waals surface area (Å²) in [6.45, 7) is 5.35. The second kappa shape index (κ2) is 12.0. The first kappa shape index (κ1) is 29.7. The topological polar surface area (TPSA) is 146 Å². The lowest BCUT2D eigenvalue weighted by Crippen LogP contribution is -2.47. The third-order valence-electron chi connectivity index (χ3n) is 8.04. The smallest absolute Gasteiger partial charge is 0.341 e. The average molecular weight is 616 g/mol. The zero-order valence-corrected chi connectivity index (χ0v) is 24.3. The van der Waals surface area contributed by atoms with E-state index in [1.165, 1.54) is 30.5 Å². The summed E-state index contributed by atoms with van der Waals surface area (Å²) in [6, 6.07) is 13.2. The second-order valence-corrected chi connectivity index (χ2v) is 10.8. The van der Waals surface area contributed by atoms with Crippen LogP contribution in [-0.2, 0) is 6.54 Å². The van der Waals surface area contributed by atoms with Gasteiger partial charge in [0.2, 0.25) is 5.43 Å². The highest BCUT2D eigenvalue weighted by molar-refractivity contribution is 5.93. The monoisotopic (exact) mass is 615 g/mol. The third-order valence-corrected chi connectivity index (χ3v) is 8.04. The molecule has 12 heteroatoms. The molecule has 0 unspecified atom stereocenters. The van der Waals surface area contributed by atoms with Crippen LogP contribution >= 0.6 is 0 Å². The van der Waals surface area contributed by atoms with E-state index < -0.39 is 28.2 Å². The molecule has 0 radical (unpaired) electrons. The summed E-state index contributed by atoms with van der Waals surface area (Å²) in [6.07, 6.45) is 1.30. The Morgan fingerprint density at radius 2 is 1.73 bits per heavy atom. The highest BCUT2D eigenvalue weighted by Gasteiger charge is 2.23. The summed E-state index contributed by atoms with van der Waals surface area (Å²) in [5.41, 5.74) is 0.0673. The van der Waals surface area contributed by atoms with E-state index >= 15 is 4.39 Å². The number of nitrogens with zero attached hydrogens (tertiary/aromatic N) is 3. The van der Waals surface area contributed by atoms with Gasteiger partial charge < -0.3 is 33.9 Å². The summed E-state index contributed by atoms with van der Waals surface area (Å²) in [5.74, 6) is -1.50. The fourth-order valence-electron chi connectivity index (χ4n) is 5.66. The highest BCUT2D eigenvalue weighted by Crippen LogP contribution is 2.32. The Morgan fingerprint density at radius 3 is 2.42 bits per heavy atom. The Labute approximate surface area is 255 Å². The van der Waals surface area contributed by atoms with Gasteiger partial charge in [-0.15, -0.1) is 0 Å². The number of aromatic carboxylic acids is 1. The number of phenols is 2. The van der Waals surface area contributed by atoms with Crippen molar-refractivity contribution in [2.45, 2.75) is 13.5 Å². The molecule has 1 aliphatic heterocycles. The lowest BCUT2D eigenvalue weighted by atomic mass is 10.1. The molecule has 11 nitrogen and oxygen atoms in total. The van der Waals surface area contributed by atoms with Crippen molar-refractivity contribution in [1.82, 2.24) is 9.47 Å². The number of pyridine rings is 1. The van der Waals surface area contributed by atoms with Gasteiger partial charge in [-0.3, -0.25) is 14.5 Å². The molecule has 0 atom stereocenters. The number of aromatic hydroxyl groups is 2. The van der Waals surface area contributed by atoms with Crippen LogP contribution in [0.25, 0.3) is 33.2 Å². The van der Waals surface area contributed by atoms with E-state index in [9.17, 15) is 29.7 Å². The number of phenolic OH excluding ortho intramolecular Hbond substituents is 2. The molecule has 45 heavy (non-hydrogen) atoms. The van der Waals surface area contributed by atoms with Crippen LogP contribution in [-0.4, -0.2) is 70.1 Å². The molecule has 5 aromatic rings. The normalized spacial score (nSPS) is 13.9. The van der Waals surface area contributed by atoms with E-state index in [1.807, 2.05) is 11.8 Å². The molecule has 3 N–H and O–H groups in total. The van der Waals surface area contributed by atoms with Crippen LogP contribution in [0, 0.1) is 5.82 Å². The number of ether oxygens (including phenoxy) is 1. The first-order chi connectivity index (χ1) is 21.6. The molecule has 1 aliphatic rings. The number of hydrogen-bond donors (Lipinski definition) is 3. The van der Waals surface area contributed by atoms with E-state index in [-0.39, 0.29) is 40.2 Å². The van der Waals surface area contributed by atoms with E-state index in [2.05, 4.69) is 4.90 Å². The van der Waals surface area contributed by atoms with Gasteiger partial charge in [0.25, 0.3) is 0 Å². The van der Waals surface area contributed by atoms with Gasteiger partial charge >= 0.3 is 5.97 Å². The maximum absolute atomic E-state index is 15.2. The number of fused-ring (bicyclic) bond motifs is 2. The quantitative estimate of drug-likeness (QED) is 0.232. The fraction of sp³-hybridized carbons (Fsp3) is 0.242. The van der Waals surface area contributed by atoms with E-state index in [0.717, 1.165) is 6.07 Å². The van der Waals surface area contributed by atoms with Crippen molar-refractivity contribution in [1.29, 1.82) is 0 Å². The van der Waals surface area contributed by atoms with Gasteiger partial charge in [0.05, 0.1) is 11.2 Å². The van der Waals surface area contributed by atoms with Crippen molar-refractivity contribution < 1.29 is 33.7 Å². The Hall–Kier alpha value is -5.36. The number of piperazine rings is 1. The second-order valence-electron chi connectivity index (χ2n) is 10.8. The number of benzene rings is 3. The first-order valence-corrected chi connectivity index (χ1v) is 14.4. The van der Waals surface area contributed by atoms with Gasteiger partial charge in [0.15, 0.2) is 5.43 Å². The number of aromatic nitrogens is 1. The Kier molecular flexibility index (Phi) is 7.90. The highest BCUT2D eigenvalue weighted by atomic mass is 19.1. The predicted molar refractivity (Wildman–Crippen MR) is 166 cm³/mol. The standard InChI is InChI=1S/C33H30FN3O8/c1-2-36-18-23(33(42)43)32(41)22-15-24(34)26(16-25(22)36)37-9-7-35(8-10-37)11-12-44-21-13-27(39)31-28(40)17-29(45-30(31)14-21)19-3-5-20(38)6-4-19/h3-6,13-18,38-39H,2,7-12H2,1H3,(H,42,43). The van der Waals surface area contributed by atoms with Gasteiger partial charge in [-0.1, -0.05) is 0 Å². The number of rotatable bonds is 8. The van der Waals surface area contributed by atoms with Crippen LogP contribution in [0.4, 0.5) is 10.1 Å². The number of hydrogen-bond acceptors (Lipinski definition) is 9. The molecule has 1 saturated heterocycles. The SMILES string of the molecule is CCn1cc(C(=O)O)c(=O)c2cc(F)c(N3CCN(CCOc4cc(O)c5c(=O)cc(-c6ccc(O)cc6)oc5c4)CC3)cc21. The molecule has 1 fully saturated rings. The molecular formula is C33H30FN3O8. The van der Waals surface area contributed by atoms with Gasteiger partial charge in [0.1, 0.15) is 52.0 Å². The average Bonchev–Trinajstić information content (AvgIpc) is 3.01.